The average molecular weight is 298 g/mol. The van der Waals surface area contributed by atoms with Crippen LogP contribution in [0.2, 0.25) is 0 Å². The molecule has 0 saturated carbocycles. The number of rotatable bonds is 4. The Balaban J connectivity index is 2.39. The largest absolute Gasteiger partial charge is 0.504 e. The van der Waals surface area contributed by atoms with E-state index in [0.717, 1.165) is 0 Å². The van der Waals surface area contributed by atoms with Crippen molar-refractivity contribution in [3.8, 4) is 0 Å². The Morgan fingerprint density at radius 3 is 1.23 bits per heavy atom. The van der Waals surface area contributed by atoms with Crippen LogP contribution < -0.4 is 0 Å². The number of hydrogen-bond donors (Lipinski definition) is 4. The van der Waals surface area contributed by atoms with E-state index in [1.807, 2.05) is 0 Å². The molecule has 2 aromatic rings. The minimum atomic E-state index is -1.28. The van der Waals surface area contributed by atoms with Gasteiger partial charge in [0.1, 0.15) is 0 Å². The molecule has 22 heavy (non-hydrogen) atoms. The summed E-state index contributed by atoms with van der Waals surface area (Å²) in [6.07, 6.45) is 0. The highest BCUT2D eigenvalue weighted by molar-refractivity contribution is 6.11. The van der Waals surface area contributed by atoms with Crippen molar-refractivity contribution in [2.75, 3.05) is 0 Å². The molecule has 0 spiro atoms. The number of aliphatic hydroxyl groups is 4. The van der Waals surface area contributed by atoms with Crippen LogP contribution in [-0.2, 0) is 4.79 Å². The maximum absolute atomic E-state index is 11.9. The maximum atomic E-state index is 11.9. The van der Waals surface area contributed by atoms with Gasteiger partial charge in [0.15, 0.2) is 11.5 Å². The molecule has 0 unspecified atom stereocenters. The number of Topliss-reactive ketones (excluding diaryl/α,β-unsaturated/α-hetero) is 1. The summed E-state index contributed by atoms with van der Waals surface area (Å²) >= 11 is 0. The molecule has 112 valence electrons. The second kappa shape index (κ2) is 6.49. The van der Waals surface area contributed by atoms with Gasteiger partial charge in [0.05, 0.1) is 0 Å². The molecule has 5 nitrogen and oxygen atoms in total. The van der Waals surface area contributed by atoms with Gasteiger partial charge in [-0.2, -0.15) is 0 Å². The third-order valence-corrected chi connectivity index (χ3v) is 2.97. The predicted molar refractivity (Wildman–Crippen MR) is 82.2 cm³/mol. The molecule has 4 N–H and O–H groups in total. The Kier molecular flexibility index (Phi) is 4.48. The summed E-state index contributed by atoms with van der Waals surface area (Å²) in [5.41, 5.74) is 0.417. The summed E-state index contributed by atoms with van der Waals surface area (Å²) in [7, 11) is 0. The first-order chi connectivity index (χ1) is 10.5. The molecule has 0 aliphatic heterocycles. The van der Waals surface area contributed by atoms with E-state index in [2.05, 4.69) is 0 Å². The van der Waals surface area contributed by atoms with Gasteiger partial charge in [0.2, 0.25) is 11.5 Å². The Hall–Kier alpha value is -3.21. The third-order valence-electron chi connectivity index (χ3n) is 2.97. The number of hydrogen-bond acceptors (Lipinski definition) is 5. The lowest BCUT2D eigenvalue weighted by Crippen LogP contribution is -2.10. The highest BCUT2D eigenvalue weighted by Crippen LogP contribution is 2.20. The van der Waals surface area contributed by atoms with Crippen LogP contribution in [0.1, 0.15) is 11.1 Å². The van der Waals surface area contributed by atoms with E-state index in [9.17, 15) is 25.2 Å². The van der Waals surface area contributed by atoms with Crippen LogP contribution >= 0.6 is 0 Å². The summed E-state index contributed by atoms with van der Waals surface area (Å²) in [5.74, 6) is -4.74. The smallest absolute Gasteiger partial charge is 0.269 e. The van der Waals surface area contributed by atoms with Gasteiger partial charge in [-0.15, -0.1) is 0 Å². The van der Waals surface area contributed by atoms with Crippen LogP contribution in [0.25, 0.3) is 11.5 Å². The molecule has 5 heteroatoms. The van der Waals surface area contributed by atoms with E-state index in [-0.39, 0.29) is 11.1 Å². The van der Waals surface area contributed by atoms with Crippen LogP contribution in [0, 0.1) is 0 Å². The standard InChI is InChI=1S/C17H14O5/c18-13(11-7-3-1-4-8-11)15(20)17(22)16(21)14(19)12-9-5-2-6-10-12/h1-10,18-21H. The first kappa shape index (κ1) is 15.2. The first-order valence-electron chi connectivity index (χ1n) is 6.42. The van der Waals surface area contributed by atoms with Gasteiger partial charge in [-0.1, -0.05) is 60.7 Å². The molecule has 0 aliphatic carbocycles. The van der Waals surface area contributed by atoms with Gasteiger partial charge in [0.25, 0.3) is 5.78 Å². The second-order valence-electron chi connectivity index (χ2n) is 4.46. The van der Waals surface area contributed by atoms with Crippen molar-refractivity contribution in [2.24, 2.45) is 0 Å². The average Bonchev–Trinajstić information content (AvgIpc) is 2.60. The van der Waals surface area contributed by atoms with Gasteiger partial charge < -0.3 is 20.4 Å². The van der Waals surface area contributed by atoms with Crippen molar-refractivity contribution in [1.82, 2.24) is 0 Å². The molecule has 0 aliphatic rings. The molecule has 2 rings (SSSR count). The SMILES string of the molecule is O=C(C(O)=C(O)c1ccccc1)C(O)=C(O)c1ccccc1. The Morgan fingerprint density at radius 2 is 0.909 bits per heavy atom. The van der Waals surface area contributed by atoms with Gasteiger partial charge in [-0.05, 0) is 0 Å². The lowest BCUT2D eigenvalue weighted by atomic mass is 10.1. The number of aliphatic hydroxyl groups excluding tert-OH is 4. The topological polar surface area (TPSA) is 98.0 Å². The lowest BCUT2D eigenvalue weighted by Gasteiger charge is -2.06. The van der Waals surface area contributed by atoms with E-state index in [1.54, 1.807) is 36.4 Å². The Labute approximate surface area is 126 Å². The fourth-order valence-electron chi connectivity index (χ4n) is 1.79. The van der Waals surface area contributed by atoms with Gasteiger partial charge >= 0.3 is 0 Å². The summed E-state index contributed by atoms with van der Waals surface area (Å²) in [6.45, 7) is 0. The number of carbonyl (C=O) groups excluding carboxylic acids is 1. The third kappa shape index (κ3) is 3.09. The van der Waals surface area contributed by atoms with Crippen molar-refractivity contribution in [3.05, 3.63) is 83.3 Å². The number of ketones is 1. The molecular weight excluding hydrogens is 284 g/mol. The van der Waals surface area contributed by atoms with E-state index < -0.39 is 28.8 Å². The predicted octanol–water partition coefficient (Wildman–Crippen LogP) is 3.53. The molecular formula is C17H14O5. The zero-order valence-corrected chi connectivity index (χ0v) is 11.5. The molecule has 0 amide bonds. The van der Waals surface area contributed by atoms with Gasteiger partial charge in [0, 0.05) is 11.1 Å². The molecule has 0 radical (unpaired) electrons. The van der Waals surface area contributed by atoms with Crippen molar-refractivity contribution >= 4 is 17.3 Å². The van der Waals surface area contributed by atoms with Crippen molar-refractivity contribution < 1.29 is 25.2 Å². The van der Waals surface area contributed by atoms with Crippen LogP contribution in [0.3, 0.4) is 0 Å². The monoisotopic (exact) mass is 298 g/mol. The fraction of sp³-hybridized carbons (Fsp3) is 0. The molecule has 0 aromatic heterocycles. The lowest BCUT2D eigenvalue weighted by molar-refractivity contribution is -0.116. The summed E-state index contributed by atoms with van der Waals surface area (Å²) in [6, 6.07) is 15.8. The van der Waals surface area contributed by atoms with Crippen LogP contribution in [0.15, 0.2) is 72.2 Å². The van der Waals surface area contributed by atoms with Crippen LogP contribution in [0.5, 0.6) is 0 Å². The van der Waals surface area contributed by atoms with E-state index >= 15 is 0 Å². The quantitative estimate of drug-likeness (QED) is 0.511. The molecule has 0 saturated heterocycles. The van der Waals surface area contributed by atoms with Crippen LogP contribution in [0.4, 0.5) is 0 Å². The summed E-state index contributed by atoms with van der Waals surface area (Å²) in [4.78, 5) is 11.9. The van der Waals surface area contributed by atoms with E-state index in [4.69, 9.17) is 0 Å². The molecule has 0 heterocycles. The zero-order valence-electron chi connectivity index (χ0n) is 11.5. The summed E-state index contributed by atoms with van der Waals surface area (Å²) < 4.78 is 0. The van der Waals surface area contributed by atoms with Crippen molar-refractivity contribution in [2.45, 2.75) is 0 Å². The minimum Gasteiger partial charge on any atom is -0.504 e. The highest BCUT2D eigenvalue weighted by Gasteiger charge is 2.23. The number of benzene rings is 2. The van der Waals surface area contributed by atoms with Crippen LogP contribution in [-0.4, -0.2) is 26.2 Å². The Morgan fingerprint density at radius 1 is 0.591 bits per heavy atom. The highest BCUT2D eigenvalue weighted by atomic mass is 16.3. The minimum absolute atomic E-state index is 0.209. The molecule has 0 atom stereocenters. The first-order valence-corrected chi connectivity index (χ1v) is 6.42. The normalized spacial score (nSPS) is 13.1. The second-order valence-corrected chi connectivity index (χ2v) is 4.46. The van der Waals surface area contributed by atoms with Crippen molar-refractivity contribution in [1.29, 1.82) is 0 Å². The van der Waals surface area contributed by atoms with E-state index in [0.29, 0.717) is 0 Å². The molecule has 0 fully saturated rings. The molecule has 2 aromatic carbocycles. The van der Waals surface area contributed by atoms with Gasteiger partial charge in [-0.25, -0.2) is 0 Å². The maximum Gasteiger partial charge on any atom is 0.269 e. The summed E-state index contributed by atoms with van der Waals surface area (Å²) in [5, 5.41) is 39.3. The van der Waals surface area contributed by atoms with Crippen molar-refractivity contribution in [3.63, 3.8) is 0 Å². The molecule has 0 bridgehead atoms. The zero-order chi connectivity index (χ0) is 16.1. The van der Waals surface area contributed by atoms with Gasteiger partial charge in [-0.3, -0.25) is 4.79 Å². The number of carbonyl (C=O) groups is 1. The Bertz CT molecular complexity index is 667. The van der Waals surface area contributed by atoms with E-state index in [1.165, 1.54) is 24.3 Å². The fourth-order valence-corrected chi connectivity index (χ4v) is 1.79.